The fourth-order valence-electron chi connectivity index (χ4n) is 0.626. The molecule has 0 saturated heterocycles. The molecule has 0 aliphatic heterocycles. The highest BCUT2D eigenvalue weighted by atomic mass is 31.1. The van der Waals surface area contributed by atoms with Crippen molar-refractivity contribution in [2.45, 2.75) is 0 Å². The Morgan fingerprint density at radius 3 is 2.33 bits per heavy atom. The summed E-state index contributed by atoms with van der Waals surface area (Å²) in [4.78, 5) is 0. The average molecular weight is 202 g/mol. The van der Waals surface area contributed by atoms with Crippen LogP contribution in [0.25, 0.3) is 0 Å². The molecule has 1 unspecified atom stereocenters. The maximum absolute atomic E-state index is 10.7. The molecule has 3 nitrogen and oxygen atoms in total. The SMILES string of the molecule is CO[PH](=O)Oc1ccccc1.[AlH3]. The maximum Gasteiger partial charge on any atom is 0.367 e. The summed E-state index contributed by atoms with van der Waals surface area (Å²) in [5.41, 5.74) is 0. The van der Waals surface area contributed by atoms with Gasteiger partial charge in [-0.05, 0) is 12.1 Å². The number of rotatable bonds is 3. The first-order valence-corrected chi connectivity index (χ1v) is 4.36. The summed E-state index contributed by atoms with van der Waals surface area (Å²) in [6, 6.07) is 8.92. The molecule has 0 fully saturated rings. The van der Waals surface area contributed by atoms with E-state index in [0.29, 0.717) is 5.75 Å². The van der Waals surface area contributed by atoms with E-state index in [2.05, 4.69) is 4.52 Å². The Labute approximate surface area is 82.8 Å². The molecule has 1 aromatic rings. The lowest BCUT2D eigenvalue weighted by Crippen LogP contribution is -1.80. The minimum Gasteiger partial charge on any atom is -0.426 e. The van der Waals surface area contributed by atoms with Crippen molar-refractivity contribution in [1.29, 1.82) is 0 Å². The van der Waals surface area contributed by atoms with Gasteiger partial charge in [0.1, 0.15) is 5.75 Å². The molecule has 1 atom stereocenters. The third-order valence-electron chi connectivity index (χ3n) is 1.11. The molecule has 0 spiro atoms. The zero-order valence-electron chi connectivity index (χ0n) is 6.11. The standard InChI is InChI=1S/C7H9O3P.Al.3H/c1-9-11(8)10-7-5-3-2-4-6-7;;;;/h2-6,11H,1H3;;;;. The van der Waals surface area contributed by atoms with E-state index < -0.39 is 8.25 Å². The summed E-state index contributed by atoms with van der Waals surface area (Å²) in [6.45, 7) is 0. The minimum absolute atomic E-state index is 0. The lowest BCUT2D eigenvalue weighted by molar-refractivity contribution is 0.349. The Hall–Kier alpha value is -0.258. The molecular formula is C7H12AlO3P. The van der Waals surface area contributed by atoms with Crippen LogP contribution in [0, 0.1) is 0 Å². The smallest absolute Gasteiger partial charge is 0.367 e. The molecule has 1 aromatic carbocycles. The monoisotopic (exact) mass is 202 g/mol. The Bertz CT molecular complexity index is 240. The van der Waals surface area contributed by atoms with Crippen molar-refractivity contribution in [3.05, 3.63) is 30.3 Å². The van der Waals surface area contributed by atoms with Gasteiger partial charge in [0, 0.05) is 7.11 Å². The van der Waals surface area contributed by atoms with Crippen LogP contribution in [-0.2, 0) is 9.09 Å². The van der Waals surface area contributed by atoms with Crippen molar-refractivity contribution in [3.8, 4) is 5.75 Å². The van der Waals surface area contributed by atoms with Crippen molar-refractivity contribution >= 4 is 25.6 Å². The molecule has 0 N–H and O–H groups in total. The molecule has 0 bridgehead atoms. The summed E-state index contributed by atoms with van der Waals surface area (Å²) in [6.07, 6.45) is 0. The van der Waals surface area contributed by atoms with Crippen LogP contribution in [0.5, 0.6) is 5.75 Å². The molecule has 1 rings (SSSR count). The molecule has 0 amide bonds. The first-order valence-electron chi connectivity index (χ1n) is 3.14. The predicted molar refractivity (Wildman–Crippen MR) is 53.0 cm³/mol. The van der Waals surface area contributed by atoms with E-state index in [1.807, 2.05) is 6.07 Å². The van der Waals surface area contributed by atoms with Crippen LogP contribution in [0.3, 0.4) is 0 Å². The largest absolute Gasteiger partial charge is 0.426 e. The topological polar surface area (TPSA) is 35.5 Å². The summed E-state index contributed by atoms with van der Waals surface area (Å²) < 4.78 is 20.1. The Kier molecular flexibility index (Phi) is 6.14. The third kappa shape index (κ3) is 3.94. The molecule has 0 heterocycles. The van der Waals surface area contributed by atoms with E-state index in [1.54, 1.807) is 24.3 Å². The zero-order chi connectivity index (χ0) is 8.10. The number of benzene rings is 1. The predicted octanol–water partition coefficient (Wildman–Crippen LogP) is 0.918. The van der Waals surface area contributed by atoms with Crippen molar-refractivity contribution < 1.29 is 13.6 Å². The zero-order valence-corrected chi connectivity index (χ0v) is 7.11. The van der Waals surface area contributed by atoms with Crippen LogP contribution in [0.15, 0.2) is 30.3 Å². The normalized spacial score (nSPS) is 11.4. The van der Waals surface area contributed by atoms with Gasteiger partial charge in [-0.25, -0.2) is 4.57 Å². The highest BCUT2D eigenvalue weighted by Crippen LogP contribution is 2.25. The first kappa shape index (κ1) is 11.7. The minimum atomic E-state index is -2.33. The fourth-order valence-corrected chi connectivity index (χ4v) is 1.04. The van der Waals surface area contributed by atoms with Crippen LogP contribution >= 0.6 is 8.25 Å². The highest BCUT2D eigenvalue weighted by Gasteiger charge is 1.96. The maximum atomic E-state index is 10.7. The molecule has 0 aromatic heterocycles. The summed E-state index contributed by atoms with van der Waals surface area (Å²) >= 11 is 0. The van der Waals surface area contributed by atoms with Gasteiger partial charge >= 0.3 is 8.25 Å². The third-order valence-corrected chi connectivity index (χ3v) is 1.85. The fraction of sp³-hybridized carbons (Fsp3) is 0.143. The quantitative estimate of drug-likeness (QED) is 0.540. The van der Waals surface area contributed by atoms with Gasteiger partial charge in [-0.3, -0.25) is 0 Å². The van der Waals surface area contributed by atoms with Gasteiger partial charge in [-0.2, -0.15) is 0 Å². The van der Waals surface area contributed by atoms with E-state index in [1.165, 1.54) is 7.11 Å². The molecule has 66 valence electrons. The van der Waals surface area contributed by atoms with Gasteiger partial charge in [0.2, 0.25) is 0 Å². The summed E-state index contributed by atoms with van der Waals surface area (Å²) in [5.74, 6) is 0.568. The molecule has 5 heteroatoms. The Morgan fingerprint density at radius 2 is 1.83 bits per heavy atom. The lowest BCUT2D eigenvalue weighted by atomic mass is 10.3. The van der Waals surface area contributed by atoms with Crippen LogP contribution in [0.2, 0.25) is 0 Å². The molecule has 0 aliphatic rings. The van der Waals surface area contributed by atoms with Gasteiger partial charge in [0.25, 0.3) is 0 Å². The highest BCUT2D eigenvalue weighted by molar-refractivity contribution is 7.33. The van der Waals surface area contributed by atoms with Crippen molar-refractivity contribution in [3.63, 3.8) is 0 Å². The van der Waals surface area contributed by atoms with E-state index in [0.717, 1.165) is 0 Å². The van der Waals surface area contributed by atoms with Gasteiger partial charge < -0.3 is 9.05 Å². The lowest BCUT2D eigenvalue weighted by Gasteiger charge is -2.01. The number of para-hydroxylation sites is 1. The Balaban J connectivity index is 0.00000121. The second-order valence-corrected chi connectivity index (χ2v) is 2.98. The van der Waals surface area contributed by atoms with Gasteiger partial charge in [0.05, 0.1) is 0 Å². The van der Waals surface area contributed by atoms with Crippen LogP contribution < -0.4 is 4.52 Å². The van der Waals surface area contributed by atoms with Crippen LogP contribution in [0.4, 0.5) is 0 Å². The van der Waals surface area contributed by atoms with E-state index in [4.69, 9.17) is 4.52 Å². The van der Waals surface area contributed by atoms with E-state index in [9.17, 15) is 4.57 Å². The van der Waals surface area contributed by atoms with Crippen LogP contribution in [0.1, 0.15) is 0 Å². The second-order valence-electron chi connectivity index (χ2n) is 1.87. The van der Waals surface area contributed by atoms with Crippen LogP contribution in [-0.4, -0.2) is 24.5 Å². The van der Waals surface area contributed by atoms with Gasteiger partial charge in [0.15, 0.2) is 17.4 Å². The first-order chi connectivity index (χ1) is 5.33. The Morgan fingerprint density at radius 1 is 1.25 bits per heavy atom. The van der Waals surface area contributed by atoms with E-state index in [-0.39, 0.29) is 17.4 Å². The number of hydrogen-bond donors (Lipinski definition) is 0. The van der Waals surface area contributed by atoms with Gasteiger partial charge in [-0.1, -0.05) is 18.2 Å². The molecule has 0 aliphatic carbocycles. The molecule has 12 heavy (non-hydrogen) atoms. The van der Waals surface area contributed by atoms with Crippen molar-refractivity contribution in [2.24, 2.45) is 0 Å². The van der Waals surface area contributed by atoms with E-state index >= 15 is 0 Å². The van der Waals surface area contributed by atoms with Gasteiger partial charge in [-0.15, -0.1) is 0 Å². The number of hydrogen-bond acceptors (Lipinski definition) is 3. The summed E-state index contributed by atoms with van der Waals surface area (Å²) in [7, 11) is -0.980. The van der Waals surface area contributed by atoms with Crippen molar-refractivity contribution in [2.75, 3.05) is 7.11 Å². The molecule has 0 radical (unpaired) electrons. The van der Waals surface area contributed by atoms with Crippen molar-refractivity contribution in [1.82, 2.24) is 0 Å². The molecular weight excluding hydrogens is 190 g/mol. The summed E-state index contributed by atoms with van der Waals surface area (Å²) in [5, 5.41) is 0. The molecule has 0 saturated carbocycles. The second kappa shape index (κ2) is 6.28. The average Bonchev–Trinajstić information content (AvgIpc) is 2.06.